The van der Waals surface area contributed by atoms with Crippen LogP contribution < -0.4 is 22.1 Å². The lowest BCUT2D eigenvalue weighted by Gasteiger charge is -2.16. The summed E-state index contributed by atoms with van der Waals surface area (Å²) in [4.78, 5) is 31.0. The molecule has 0 saturated heterocycles. The first-order valence-electron chi connectivity index (χ1n) is 9.99. The van der Waals surface area contributed by atoms with Crippen LogP contribution in [-0.2, 0) is 6.42 Å². The molecule has 3 N–H and O–H groups in total. The van der Waals surface area contributed by atoms with Crippen molar-refractivity contribution in [1.29, 1.82) is 15.8 Å². The summed E-state index contributed by atoms with van der Waals surface area (Å²) in [6, 6.07) is 10.7. The Balaban J connectivity index is 2.13. The van der Waals surface area contributed by atoms with E-state index in [0.717, 1.165) is 28.3 Å². The number of nitrogens with zero attached hydrogens (tertiary/aromatic N) is 5. The van der Waals surface area contributed by atoms with Gasteiger partial charge in [-0.1, -0.05) is 18.2 Å². The number of amidine groups is 1. The van der Waals surface area contributed by atoms with Gasteiger partial charge in [-0.25, -0.2) is 4.99 Å². The zero-order valence-electron chi connectivity index (χ0n) is 18.2. The van der Waals surface area contributed by atoms with E-state index < -0.39 is 16.6 Å². The van der Waals surface area contributed by atoms with E-state index in [4.69, 9.17) is 10.2 Å². The van der Waals surface area contributed by atoms with Gasteiger partial charge in [0.1, 0.15) is 57.6 Å². The summed E-state index contributed by atoms with van der Waals surface area (Å²) in [6.07, 6.45) is 4.89. The number of nitrogens with one attached hydrogen (secondary N) is 1. The smallest absolute Gasteiger partial charge is 0.289 e. The van der Waals surface area contributed by atoms with Crippen molar-refractivity contribution in [2.24, 2.45) is 10.7 Å². The number of hydrogen-bond donors (Lipinski definition) is 2. The van der Waals surface area contributed by atoms with Gasteiger partial charge in [0, 0.05) is 5.56 Å². The Hall–Kier alpha value is -5.05. The molecular weight excluding hydrogens is 466 g/mol. The van der Waals surface area contributed by atoms with Gasteiger partial charge in [-0.05, 0) is 24.3 Å². The maximum atomic E-state index is 13.5. The van der Waals surface area contributed by atoms with Crippen LogP contribution in [0.5, 0.6) is 0 Å². The minimum absolute atomic E-state index is 0.0375. The molecule has 0 bridgehead atoms. The molecule has 0 amide bonds. The highest BCUT2D eigenvalue weighted by Crippen LogP contribution is 2.33. The van der Waals surface area contributed by atoms with Gasteiger partial charge in [-0.2, -0.15) is 20.5 Å². The highest BCUT2D eigenvalue weighted by atomic mass is 32.2. The molecule has 0 radical (unpaired) electrons. The highest BCUT2D eigenvalue weighted by molar-refractivity contribution is 8.02. The fourth-order valence-electron chi connectivity index (χ4n) is 3.76. The lowest BCUT2D eigenvalue weighted by atomic mass is 9.96. The molecule has 0 saturated carbocycles. The standard InChI is InChI=1S/C24H15N7O3S/c1-3-5-12-6-4-7-13-19(32)17(11-34-20(12)13)18-14(8-25)22-29-21(28)16(10-27)23(35-2)30-31(22)24(33)15(18)9-26/h3-4,6-7,11,30H,1,5H2,2H3,(H2,28,29). The molecule has 0 atom stereocenters. The van der Waals surface area contributed by atoms with Crippen LogP contribution in [0.15, 0.2) is 66.7 Å². The Bertz CT molecular complexity index is 1740. The molecule has 0 fully saturated rings. The Morgan fingerprint density at radius 3 is 2.60 bits per heavy atom. The zero-order valence-corrected chi connectivity index (χ0v) is 19.1. The molecule has 4 rings (SSSR count). The average Bonchev–Trinajstić information content (AvgIpc) is 3.00. The lowest BCUT2D eigenvalue weighted by molar-refractivity contribution is 0.601. The van der Waals surface area contributed by atoms with E-state index in [-0.39, 0.29) is 44.3 Å². The molecule has 35 heavy (non-hydrogen) atoms. The van der Waals surface area contributed by atoms with Crippen LogP contribution in [0.3, 0.4) is 0 Å². The van der Waals surface area contributed by atoms with Gasteiger partial charge in [0.25, 0.3) is 5.56 Å². The molecule has 0 aliphatic carbocycles. The van der Waals surface area contributed by atoms with E-state index in [1.165, 1.54) is 0 Å². The van der Waals surface area contributed by atoms with Gasteiger partial charge in [0.15, 0.2) is 5.82 Å². The second-order valence-electron chi connectivity index (χ2n) is 7.21. The number of pyridine rings is 1. The van der Waals surface area contributed by atoms with Gasteiger partial charge >= 0.3 is 0 Å². The van der Waals surface area contributed by atoms with Crippen LogP contribution >= 0.6 is 11.8 Å². The number of nitriles is 3. The Morgan fingerprint density at radius 1 is 1.23 bits per heavy atom. The van der Waals surface area contributed by atoms with E-state index in [1.54, 1.807) is 36.6 Å². The van der Waals surface area contributed by atoms with Crippen molar-refractivity contribution >= 4 is 34.4 Å². The summed E-state index contributed by atoms with van der Waals surface area (Å²) >= 11 is 1.09. The second-order valence-corrected chi connectivity index (χ2v) is 8.02. The van der Waals surface area contributed by atoms with Crippen LogP contribution in [-0.4, -0.2) is 16.8 Å². The van der Waals surface area contributed by atoms with Gasteiger partial charge in [-0.15, -0.1) is 18.3 Å². The number of allylic oxidation sites excluding steroid dienone is 1. The largest absolute Gasteiger partial charge is 0.463 e. The predicted molar refractivity (Wildman–Crippen MR) is 132 cm³/mol. The third-order valence-electron chi connectivity index (χ3n) is 5.33. The third-order valence-corrected chi connectivity index (χ3v) is 6.03. The number of aromatic nitrogens is 1. The second kappa shape index (κ2) is 9.06. The van der Waals surface area contributed by atoms with E-state index >= 15 is 0 Å². The van der Waals surface area contributed by atoms with Gasteiger partial charge in [0.05, 0.1) is 10.9 Å². The molecule has 2 aromatic heterocycles. The topological polar surface area (TPSA) is 174 Å². The maximum absolute atomic E-state index is 13.5. The number of rotatable bonds is 4. The van der Waals surface area contributed by atoms with E-state index in [1.807, 2.05) is 12.1 Å². The minimum Gasteiger partial charge on any atom is -0.463 e. The van der Waals surface area contributed by atoms with E-state index in [0.29, 0.717) is 12.0 Å². The van der Waals surface area contributed by atoms with Crippen LogP contribution in [0.1, 0.15) is 16.7 Å². The minimum atomic E-state index is -0.876. The fraction of sp³-hybridized carbons (Fsp3) is 0.0833. The summed E-state index contributed by atoms with van der Waals surface area (Å²) in [5.74, 6) is -0.484. The summed E-state index contributed by atoms with van der Waals surface area (Å²) in [5, 5.41) is 29.8. The van der Waals surface area contributed by atoms with Crippen LogP contribution in [0.25, 0.3) is 22.1 Å². The summed E-state index contributed by atoms with van der Waals surface area (Å²) in [5.41, 5.74) is 7.22. The first-order valence-corrected chi connectivity index (χ1v) is 11.2. The molecule has 10 nitrogen and oxygen atoms in total. The first-order chi connectivity index (χ1) is 16.9. The summed E-state index contributed by atoms with van der Waals surface area (Å²) in [7, 11) is 0. The van der Waals surface area contributed by atoms with Crippen molar-refractivity contribution < 1.29 is 4.42 Å². The third kappa shape index (κ3) is 3.55. The Labute approximate surface area is 202 Å². The molecule has 3 heterocycles. The normalized spacial score (nSPS) is 12.5. The fourth-order valence-corrected chi connectivity index (χ4v) is 4.30. The summed E-state index contributed by atoms with van der Waals surface area (Å²) in [6.45, 7) is 3.70. The van der Waals surface area contributed by atoms with E-state index in [9.17, 15) is 25.4 Å². The van der Waals surface area contributed by atoms with Crippen molar-refractivity contribution in [2.45, 2.75) is 6.42 Å². The number of thioether (sulfide) groups is 1. The molecule has 1 aromatic carbocycles. The quantitative estimate of drug-likeness (QED) is 0.531. The Morgan fingerprint density at radius 2 is 1.97 bits per heavy atom. The zero-order chi connectivity index (χ0) is 25.3. The van der Waals surface area contributed by atoms with Crippen molar-refractivity contribution in [2.75, 3.05) is 11.7 Å². The number of para-hydroxylation sites is 1. The van der Waals surface area contributed by atoms with Crippen molar-refractivity contribution in [3.8, 4) is 29.3 Å². The van der Waals surface area contributed by atoms with Crippen molar-refractivity contribution in [3.05, 3.63) is 85.0 Å². The molecule has 0 spiro atoms. The first kappa shape index (κ1) is 23.1. The molecular formula is C24H15N7O3S. The van der Waals surface area contributed by atoms with Gasteiger partial charge in [0.2, 0.25) is 5.43 Å². The Kier molecular flexibility index (Phi) is 5.99. The molecule has 11 heteroatoms. The van der Waals surface area contributed by atoms with Crippen molar-refractivity contribution in [3.63, 3.8) is 0 Å². The van der Waals surface area contributed by atoms with Crippen molar-refractivity contribution in [1.82, 2.24) is 4.68 Å². The van der Waals surface area contributed by atoms with Gasteiger partial charge < -0.3 is 10.2 Å². The average molecular weight is 481 g/mol. The monoisotopic (exact) mass is 481 g/mol. The number of aliphatic imine (C=N–C) groups is 1. The number of fused-ring (bicyclic) bond motifs is 2. The summed E-state index contributed by atoms with van der Waals surface area (Å²) < 4.78 is 6.62. The van der Waals surface area contributed by atoms with E-state index in [2.05, 4.69) is 17.0 Å². The number of hydrogen-bond acceptors (Lipinski definition) is 10. The highest BCUT2D eigenvalue weighted by Gasteiger charge is 2.29. The molecule has 0 unspecified atom stereocenters. The SMILES string of the molecule is C=CCc1cccc2c(=O)c(-c3c(C#N)c4n(c(=O)c3C#N)NC(SC)=C(C#N)C(N)=N4)coc12. The molecule has 170 valence electrons. The van der Waals surface area contributed by atoms with Crippen LogP contribution in [0, 0.1) is 34.0 Å². The molecule has 1 aliphatic heterocycles. The van der Waals surface area contributed by atoms with Crippen LogP contribution in [0.4, 0.5) is 5.82 Å². The number of nitrogens with two attached hydrogens (primary N) is 1. The predicted octanol–water partition coefficient (Wildman–Crippen LogP) is 2.74. The molecule has 1 aliphatic rings. The number of benzene rings is 1. The molecule has 3 aromatic rings. The van der Waals surface area contributed by atoms with Gasteiger partial charge in [-0.3, -0.25) is 15.0 Å². The lowest BCUT2D eigenvalue weighted by Crippen LogP contribution is -2.31. The van der Waals surface area contributed by atoms with Crippen LogP contribution in [0.2, 0.25) is 0 Å². The maximum Gasteiger partial charge on any atom is 0.289 e.